The summed E-state index contributed by atoms with van der Waals surface area (Å²) in [5, 5.41) is 17.1. The third-order valence-electron chi connectivity index (χ3n) is 6.17. The number of fused-ring (bicyclic) bond motifs is 3. The molecular formula is C20H26N4O4. The highest BCUT2D eigenvalue weighted by molar-refractivity contribution is 5.76. The Morgan fingerprint density at radius 2 is 2.00 bits per heavy atom. The summed E-state index contributed by atoms with van der Waals surface area (Å²) >= 11 is 0. The van der Waals surface area contributed by atoms with Gasteiger partial charge in [0.05, 0.1) is 30.0 Å². The van der Waals surface area contributed by atoms with Gasteiger partial charge in [-0.2, -0.15) is 0 Å². The first kappa shape index (κ1) is 17.9. The molecule has 1 aromatic carbocycles. The zero-order valence-corrected chi connectivity index (χ0v) is 15.7. The molecule has 2 bridgehead atoms. The lowest BCUT2D eigenvalue weighted by Gasteiger charge is -2.39. The van der Waals surface area contributed by atoms with Crippen molar-refractivity contribution in [3.8, 4) is 0 Å². The summed E-state index contributed by atoms with van der Waals surface area (Å²) in [6.07, 6.45) is 5.48. The fourth-order valence-electron chi connectivity index (χ4n) is 4.72. The van der Waals surface area contributed by atoms with Gasteiger partial charge in [-0.25, -0.2) is 9.78 Å². The third-order valence-corrected chi connectivity index (χ3v) is 6.17. The standard InChI is InChI=1S/C20H26N4O4/c25-18-16(23-20(26)22-12-6-2-1-3-7-12)15-10-27-19(28-15)17(18)24-11-21-13-8-4-5-9-14(13)24/h4-5,8-9,11-12,15-19,25H,1-3,6-7,10H2,(H2,22,23,26). The molecule has 0 spiro atoms. The Morgan fingerprint density at radius 1 is 1.18 bits per heavy atom. The van der Waals surface area contributed by atoms with E-state index in [0.29, 0.717) is 6.61 Å². The molecule has 1 saturated carbocycles. The van der Waals surface area contributed by atoms with Crippen LogP contribution >= 0.6 is 0 Å². The number of imidazole rings is 1. The van der Waals surface area contributed by atoms with Crippen LogP contribution in [0.3, 0.4) is 0 Å². The van der Waals surface area contributed by atoms with Gasteiger partial charge in [-0.05, 0) is 25.0 Å². The van der Waals surface area contributed by atoms with Crippen LogP contribution in [0.25, 0.3) is 11.0 Å². The van der Waals surface area contributed by atoms with Crippen molar-refractivity contribution < 1.29 is 19.4 Å². The molecule has 150 valence electrons. The quantitative estimate of drug-likeness (QED) is 0.746. The number of carbonyl (C=O) groups is 1. The second kappa shape index (κ2) is 7.35. The minimum Gasteiger partial charge on any atom is -0.388 e. The monoisotopic (exact) mass is 386 g/mol. The number of amides is 2. The maximum absolute atomic E-state index is 12.6. The number of hydrogen-bond acceptors (Lipinski definition) is 5. The number of urea groups is 1. The second-order valence-corrected chi connectivity index (χ2v) is 7.98. The molecule has 5 rings (SSSR count). The van der Waals surface area contributed by atoms with Crippen LogP contribution in [0.1, 0.15) is 38.1 Å². The number of aromatic nitrogens is 2. The topological polar surface area (TPSA) is 97.6 Å². The summed E-state index contributed by atoms with van der Waals surface area (Å²) in [7, 11) is 0. The van der Waals surface area contributed by atoms with Crippen LogP contribution in [-0.4, -0.2) is 57.9 Å². The highest BCUT2D eigenvalue weighted by Gasteiger charge is 2.51. The Hall–Kier alpha value is -2.16. The van der Waals surface area contributed by atoms with Gasteiger partial charge in [-0.1, -0.05) is 31.4 Å². The smallest absolute Gasteiger partial charge is 0.315 e. The number of carbonyl (C=O) groups excluding carboxylic acids is 1. The number of benzene rings is 1. The van der Waals surface area contributed by atoms with E-state index in [1.807, 2.05) is 28.8 Å². The number of ether oxygens (including phenoxy) is 2. The lowest BCUT2D eigenvalue weighted by atomic mass is 9.95. The minimum atomic E-state index is -0.846. The number of rotatable bonds is 3. The molecule has 5 unspecified atom stereocenters. The van der Waals surface area contributed by atoms with E-state index in [9.17, 15) is 9.90 Å². The third kappa shape index (κ3) is 3.15. The van der Waals surface area contributed by atoms with Crippen LogP contribution in [0.5, 0.6) is 0 Å². The number of hydrogen-bond donors (Lipinski definition) is 3. The number of para-hydroxylation sites is 2. The fourth-order valence-corrected chi connectivity index (χ4v) is 4.72. The summed E-state index contributed by atoms with van der Waals surface area (Å²) in [6.45, 7) is 0.346. The number of nitrogens with zero attached hydrogens (tertiary/aromatic N) is 2. The highest BCUT2D eigenvalue weighted by atomic mass is 16.7. The van der Waals surface area contributed by atoms with Gasteiger partial charge < -0.3 is 29.8 Å². The average Bonchev–Trinajstić information content (AvgIpc) is 3.33. The van der Waals surface area contributed by atoms with E-state index >= 15 is 0 Å². The van der Waals surface area contributed by atoms with Crippen molar-refractivity contribution in [3.05, 3.63) is 30.6 Å². The Labute approximate surface area is 163 Å². The zero-order valence-electron chi connectivity index (χ0n) is 15.7. The molecule has 2 saturated heterocycles. The van der Waals surface area contributed by atoms with E-state index in [1.165, 1.54) is 6.42 Å². The molecule has 1 aromatic heterocycles. The average molecular weight is 386 g/mol. The Bertz CT molecular complexity index is 850. The molecule has 3 N–H and O–H groups in total. The van der Waals surface area contributed by atoms with Gasteiger partial charge in [0.25, 0.3) is 0 Å². The Kier molecular flexibility index (Phi) is 4.70. The molecule has 8 nitrogen and oxygen atoms in total. The van der Waals surface area contributed by atoms with E-state index in [2.05, 4.69) is 15.6 Å². The molecule has 3 aliphatic rings. The molecule has 3 heterocycles. The summed E-state index contributed by atoms with van der Waals surface area (Å²) in [6, 6.07) is 6.66. The van der Waals surface area contributed by atoms with Gasteiger partial charge in [-0.3, -0.25) is 0 Å². The van der Waals surface area contributed by atoms with Crippen LogP contribution in [0, 0.1) is 0 Å². The van der Waals surface area contributed by atoms with E-state index in [-0.39, 0.29) is 18.2 Å². The number of aliphatic hydroxyl groups is 1. The van der Waals surface area contributed by atoms with Crippen LogP contribution < -0.4 is 10.6 Å². The number of nitrogens with one attached hydrogen (secondary N) is 2. The molecule has 1 aliphatic carbocycles. The van der Waals surface area contributed by atoms with Gasteiger partial charge in [0.2, 0.25) is 0 Å². The minimum absolute atomic E-state index is 0.205. The van der Waals surface area contributed by atoms with E-state index in [0.717, 1.165) is 36.7 Å². The first-order valence-electron chi connectivity index (χ1n) is 10.1. The fraction of sp³-hybridized carbons (Fsp3) is 0.600. The maximum Gasteiger partial charge on any atom is 0.315 e. The largest absolute Gasteiger partial charge is 0.388 e. The van der Waals surface area contributed by atoms with Crippen LogP contribution in [-0.2, 0) is 9.47 Å². The first-order valence-corrected chi connectivity index (χ1v) is 10.1. The van der Waals surface area contributed by atoms with Crippen molar-refractivity contribution in [2.75, 3.05) is 6.61 Å². The van der Waals surface area contributed by atoms with E-state index < -0.39 is 24.5 Å². The van der Waals surface area contributed by atoms with Crippen LogP contribution in [0.4, 0.5) is 4.79 Å². The molecule has 5 atom stereocenters. The molecule has 2 aromatic rings. The van der Waals surface area contributed by atoms with Gasteiger partial charge in [-0.15, -0.1) is 0 Å². The predicted molar refractivity (Wildman–Crippen MR) is 102 cm³/mol. The summed E-state index contributed by atoms with van der Waals surface area (Å²) in [4.78, 5) is 17.0. The molecule has 28 heavy (non-hydrogen) atoms. The van der Waals surface area contributed by atoms with E-state index in [1.54, 1.807) is 6.33 Å². The molecule has 3 fully saturated rings. The van der Waals surface area contributed by atoms with Gasteiger partial charge in [0, 0.05) is 6.04 Å². The number of aliphatic hydroxyl groups excluding tert-OH is 1. The lowest BCUT2D eigenvalue weighted by molar-refractivity contribution is -0.162. The second-order valence-electron chi connectivity index (χ2n) is 7.98. The van der Waals surface area contributed by atoms with Crippen LogP contribution in [0.15, 0.2) is 30.6 Å². The van der Waals surface area contributed by atoms with E-state index in [4.69, 9.17) is 9.47 Å². The Balaban J connectivity index is 1.35. The van der Waals surface area contributed by atoms with Crippen molar-refractivity contribution in [3.63, 3.8) is 0 Å². The van der Waals surface area contributed by atoms with Crippen molar-refractivity contribution >= 4 is 17.1 Å². The van der Waals surface area contributed by atoms with Crippen molar-refractivity contribution in [1.29, 1.82) is 0 Å². The molecular weight excluding hydrogens is 360 g/mol. The van der Waals surface area contributed by atoms with Crippen molar-refractivity contribution in [2.24, 2.45) is 0 Å². The van der Waals surface area contributed by atoms with Gasteiger partial charge in [0.1, 0.15) is 18.2 Å². The Morgan fingerprint density at radius 3 is 2.86 bits per heavy atom. The van der Waals surface area contributed by atoms with Gasteiger partial charge >= 0.3 is 6.03 Å². The van der Waals surface area contributed by atoms with Crippen molar-refractivity contribution in [2.45, 2.75) is 68.7 Å². The first-order chi connectivity index (χ1) is 13.7. The summed E-state index contributed by atoms with van der Waals surface area (Å²) in [5.74, 6) is 0. The maximum atomic E-state index is 12.6. The van der Waals surface area contributed by atoms with Gasteiger partial charge in [0.15, 0.2) is 6.29 Å². The zero-order chi connectivity index (χ0) is 19.1. The molecule has 2 aliphatic heterocycles. The molecule has 2 amide bonds. The SMILES string of the molecule is O=C(NC1CCCCC1)NC1C2COC(O2)C(n2cnc3ccccc32)C1O. The lowest BCUT2D eigenvalue weighted by Crippen LogP contribution is -2.61. The summed E-state index contributed by atoms with van der Waals surface area (Å²) < 4.78 is 13.7. The summed E-state index contributed by atoms with van der Waals surface area (Å²) in [5.41, 5.74) is 1.74. The van der Waals surface area contributed by atoms with Crippen LogP contribution in [0.2, 0.25) is 0 Å². The molecule has 0 radical (unpaired) electrons. The highest BCUT2D eigenvalue weighted by Crippen LogP contribution is 2.37. The van der Waals surface area contributed by atoms with Crippen molar-refractivity contribution in [1.82, 2.24) is 20.2 Å². The predicted octanol–water partition coefficient (Wildman–Crippen LogP) is 1.69. The normalized spacial score (nSPS) is 33.1. The molecule has 8 heteroatoms.